The Labute approximate surface area is 844 Å². The molecule has 0 unspecified atom stereocenters. The Morgan fingerprint density at radius 2 is 0.351 bits per heavy atom. The van der Waals surface area contributed by atoms with Gasteiger partial charge in [-0.1, -0.05) is 536 Å². The molecule has 22 aromatic rings. The summed E-state index contributed by atoms with van der Waals surface area (Å²) in [4.78, 5) is 0. The van der Waals surface area contributed by atoms with Gasteiger partial charge in [0.15, 0.2) is 0 Å². The third kappa shape index (κ3) is 22.7. The van der Waals surface area contributed by atoms with E-state index in [1.807, 2.05) is 78.9 Å². The van der Waals surface area contributed by atoms with Crippen molar-refractivity contribution in [3.05, 3.63) is 544 Å². The van der Waals surface area contributed by atoms with E-state index in [1.165, 1.54) is 191 Å². The molecule has 0 radical (unpaired) electrons. The summed E-state index contributed by atoms with van der Waals surface area (Å²) in [7, 11) is 0. The van der Waals surface area contributed by atoms with Gasteiger partial charge in [-0.3, -0.25) is 0 Å². The second-order valence-electron chi connectivity index (χ2n) is 32.3. The Morgan fingerprint density at radius 3 is 0.582 bits per heavy atom. The third-order valence-electron chi connectivity index (χ3n) is 23.6. The molecule has 0 amide bonds. The van der Waals surface area contributed by atoms with E-state index in [0.29, 0.717) is 0 Å². The lowest BCUT2D eigenvalue weighted by Gasteiger charge is -2.22. The van der Waals surface area contributed by atoms with E-state index >= 15 is 0 Å². The molecule has 0 fully saturated rings. The number of aryl methyl sites for hydroxylation is 1. The summed E-state index contributed by atoms with van der Waals surface area (Å²) in [6.45, 7) is 2.15. The van der Waals surface area contributed by atoms with Crippen molar-refractivity contribution in [1.29, 1.82) is 0 Å². The van der Waals surface area contributed by atoms with Gasteiger partial charge >= 0.3 is 0 Å². The van der Waals surface area contributed by atoms with Crippen LogP contribution < -0.4 is 0 Å². The van der Waals surface area contributed by atoms with Crippen LogP contribution >= 0.6 is 112 Å². The Balaban J connectivity index is 0.000000132. The molecule has 0 aliphatic carbocycles. The smallest absolute Gasteiger partial charge is 0.0332 e. The molecular weight excluding hydrogens is 2080 g/mol. The van der Waals surface area contributed by atoms with Crippen LogP contribution in [0, 0.1) is 0 Å². The van der Waals surface area contributed by atoms with Gasteiger partial charge in [0, 0.05) is 32.2 Å². The van der Waals surface area contributed by atoms with Gasteiger partial charge in [0.05, 0.1) is 0 Å². The highest BCUT2D eigenvalue weighted by Gasteiger charge is 2.24. The molecule has 0 bridgehead atoms. The summed E-state index contributed by atoms with van der Waals surface area (Å²) in [6, 6.07) is 163. The first kappa shape index (κ1) is 93.1. The molecule has 22 aromatic carbocycles. The number of hydrogen-bond acceptors (Lipinski definition) is 0. The number of halogens is 7. The first-order valence-electron chi connectivity index (χ1n) is 44.6. The minimum absolute atomic E-state index is 0.923. The molecule has 0 N–H and O–H groups in total. The molecule has 22 rings (SSSR count). The van der Waals surface area contributed by atoms with Crippen molar-refractivity contribution in [2.45, 2.75) is 18.7 Å². The molecule has 0 aromatic heterocycles. The quantitative estimate of drug-likeness (QED) is 0.0578. The van der Waals surface area contributed by atoms with Crippen LogP contribution in [0.3, 0.4) is 0 Å². The van der Waals surface area contributed by atoms with E-state index in [9.17, 15) is 0 Å². The summed E-state index contributed by atoms with van der Waals surface area (Å²) >= 11 is 24.9. The van der Waals surface area contributed by atoms with Crippen LogP contribution in [-0.2, 0) is 11.8 Å². The molecule has 0 aliphatic heterocycles. The Kier molecular flexibility index (Phi) is 31.8. The summed E-state index contributed by atoms with van der Waals surface area (Å²) in [5, 5.41) is 20.9. The molecule has 0 saturated carbocycles. The molecular formula is C127H91Br7. The first-order valence-corrected chi connectivity index (χ1v) is 50.5. The maximum atomic E-state index is 3.89. The number of hydrogen-bond donors (Lipinski definition) is 0. The van der Waals surface area contributed by atoms with Crippen molar-refractivity contribution >= 4 is 246 Å². The summed E-state index contributed by atoms with van der Waals surface area (Å²) in [5.41, 5.74) is 22.4. The molecule has 0 saturated heterocycles. The highest BCUT2D eigenvalue weighted by molar-refractivity contribution is 9.11. The molecule has 0 heterocycles. The summed E-state index contributed by atoms with van der Waals surface area (Å²) in [6.07, 6.45) is 18.4. The van der Waals surface area contributed by atoms with Gasteiger partial charge in [-0.05, 0) is 285 Å². The maximum absolute atomic E-state index is 3.89. The molecule has 7 heteroatoms. The molecule has 0 spiro atoms. The second kappa shape index (κ2) is 45.8. The van der Waals surface area contributed by atoms with Gasteiger partial charge in [-0.2, -0.15) is 0 Å². The van der Waals surface area contributed by atoms with E-state index in [4.69, 9.17) is 0 Å². The van der Waals surface area contributed by atoms with Gasteiger partial charge in [0.25, 0.3) is 0 Å². The monoisotopic (exact) mass is 2170 g/mol. The number of fused-ring (bicyclic) bond motifs is 8. The number of benzene rings is 22. The normalized spacial score (nSPS) is 11.2. The zero-order chi connectivity index (χ0) is 91.9. The Hall–Kier alpha value is -12.8. The van der Waals surface area contributed by atoms with Crippen molar-refractivity contribution in [3.63, 3.8) is 0 Å². The van der Waals surface area contributed by atoms with Crippen LogP contribution in [0.4, 0.5) is 0 Å². The standard InChI is InChI=1S/C56H38.C28H16Br2.2C14H11Br.C8H9Br.C7H6Br2/c1-3-17-39(18-4-1)33-35-41-21-15-23-43(37-41)53-45-25-7-11-29-49(45)55(50-30-12-8-26-46(50)53)56-51-31-13-9-27-47(51)54(48-28-10-14-32-52(48)56)44-24-16-22-42(38-44)36-34-40-19-5-2-6-20-40;29-27-21-13-5-1-9-17(21)25(18-10-2-6-14-22(18)27)26-19-11-3-7-15-23(19)28(30)24-16-8-4-12-20(24)26;2*15-14-8-4-7-13(11-14)10-9-12-5-2-1-3-6-12;1-2-7-4-3-5-8(9)6-7;8-5-6-2-1-3-7(9)4-6/h1-38H;1-16H;2*1-11H;3-6H,2H2,1H3;1-4H,5H2/b35-33+,36-34+;;2*10-9+;;. The second-order valence-corrected chi connectivity index (χ2v) is 38.1. The Morgan fingerprint density at radius 1 is 0.164 bits per heavy atom. The highest BCUT2D eigenvalue weighted by Crippen LogP contribution is 2.52. The summed E-state index contributed by atoms with van der Waals surface area (Å²) in [5.74, 6) is 0. The van der Waals surface area contributed by atoms with Crippen LogP contribution in [-0.4, -0.2) is 0 Å². The van der Waals surface area contributed by atoms with Crippen LogP contribution in [0.5, 0.6) is 0 Å². The fraction of sp³-hybridized carbons (Fsp3) is 0.0236. The lowest BCUT2D eigenvalue weighted by atomic mass is 9.81. The average Bonchev–Trinajstić information content (AvgIpc) is 0.711. The van der Waals surface area contributed by atoms with Crippen LogP contribution in [0.25, 0.3) is 179 Å². The predicted octanol–water partition coefficient (Wildman–Crippen LogP) is 40.7. The van der Waals surface area contributed by atoms with Gasteiger partial charge in [-0.15, -0.1) is 0 Å². The van der Waals surface area contributed by atoms with Crippen LogP contribution in [0.1, 0.15) is 62.6 Å². The lowest BCUT2D eigenvalue weighted by molar-refractivity contribution is 1.14. The predicted molar refractivity (Wildman–Crippen MR) is 610 cm³/mol. The number of alkyl halides is 1. The topological polar surface area (TPSA) is 0 Å². The minimum atomic E-state index is 0.923. The molecule has 134 heavy (non-hydrogen) atoms. The van der Waals surface area contributed by atoms with Crippen molar-refractivity contribution in [2.75, 3.05) is 0 Å². The lowest BCUT2D eigenvalue weighted by Crippen LogP contribution is -1.94. The van der Waals surface area contributed by atoms with Gasteiger partial charge < -0.3 is 0 Å². The first-order chi connectivity index (χ1) is 65.9. The van der Waals surface area contributed by atoms with Gasteiger partial charge in [0.2, 0.25) is 0 Å². The molecule has 0 nitrogen and oxygen atoms in total. The van der Waals surface area contributed by atoms with E-state index < -0.39 is 0 Å². The fourth-order valence-corrected chi connectivity index (χ4v) is 20.8. The highest BCUT2D eigenvalue weighted by atomic mass is 79.9. The minimum Gasteiger partial charge on any atom is -0.0876 e. The van der Waals surface area contributed by atoms with E-state index in [1.54, 1.807) is 0 Å². The average molecular weight is 2180 g/mol. The molecule has 648 valence electrons. The number of rotatable bonds is 14. The van der Waals surface area contributed by atoms with E-state index in [-0.39, 0.29) is 0 Å². The summed E-state index contributed by atoms with van der Waals surface area (Å²) < 4.78 is 6.84. The van der Waals surface area contributed by atoms with Crippen molar-refractivity contribution in [2.24, 2.45) is 0 Å². The van der Waals surface area contributed by atoms with Crippen molar-refractivity contribution in [1.82, 2.24) is 0 Å². The zero-order valence-electron chi connectivity index (χ0n) is 73.6. The molecule has 0 atom stereocenters. The van der Waals surface area contributed by atoms with Crippen molar-refractivity contribution < 1.29 is 0 Å². The SMILES string of the molecule is BrCc1cccc(Br)c1.Brc1c2ccccc2c(-c2c3ccccc3c(Br)c3ccccc23)c2ccccc12.Brc1cccc(/C=C/c2ccccc2)c1.Brc1cccc(/C=C/c2ccccc2)c1.C(=C\c1cccc(-c2c3ccccc3c(-c3c4ccccc4c(-c4cccc(/C=C/c5ccccc5)c4)c4ccccc34)c3ccccc23)c1)/c1ccccc1.CCc1cccc(Br)c1. The fourth-order valence-electron chi connectivity index (χ4n) is 17.3. The maximum Gasteiger partial charge on any atom is 0.0332 e. The Bertz CT molecular complexity index is 7320. The van der Waals surface area contributed by atoms with Gasteiger partial charge in [0.1, 0.15) is 0 Å². The zero-order valence-corrected chi connectivity index (χ0v) is 84.7. The third-order valence-corrected chi connectivity index (χ3v) is 27.9. The van der Waals surface area contributed by atoms with E-state index in [2.05, 4.69) is 549 Å². The van der Waals surface area contributed by atoms with Crippen LogP contribution in [0.15, 0.2) is 488 Å². The molecule has 0 aliphatic rings. The van der Waals surface area contributed by atoms with Crippen LogP contribution in [0.2, 0.25) is 0 Å². The van der Waals surface area contributed by atoms with Gasteiger partial charge in [-0.25, -0.2) is 0 Å². The van der Waals surface area contributed by atoms with E-state index in [0.717, 1.165) is 34.1 Å². The largest absolute Gasteiger partial charge is 0.0876 e. The van der Waals surface area contributed by atoms with Crippen molar-refractivity contribution in [3.8, 4) is 44.5 Å².